The molecule has 0 aliphatic carbocycles. The molecule has 0 saturated carbocycles. The summed E-state index contributed by atoms with van der Waals surface area (Å²) in [5.74, 6) is 0.214. The summed E-state index contributed by atoms with van der Waals surface area (Å²) in [4.78, 5) is -0.434. The third kappa shape index (κ3) is 4.17. The lowest BCUT2D eigenvalue weighted by Gasteiger charge is -2.33. The van der Waals surface area contributed by atoms with E-state index in [9.17, 15) is 21.6 Å². The first-order chi connectivity index (χ1) is 10.5. The molecule has 0 aromatic heterocycles. The van der Waals surface area contributed by atoms with E-state index < -0.39 is 26.7 Å². The predicted octanol–water partition coefficient (Wildman–Crippen LogP) is 3.11. The molecule has 130 valence electrons. The summed E-state index contributed by atoms with van der Waals surface area (Å²) in [7, 11) is -4.01. The molecule has 1 aromatic carbocycles. The van der Waals surface area contributed by atoms with Gasteiger partial charge in [-0.15, -0.1) is 0 Å². The Morgan fingerprint density at radius 2 is 1.83 bits per heavy atom. The molecule has 2 rings (SSSR count). The summed E-state index contributed by atoms with van der Waals surface area (Å²) >= 11 is 5.67. The SMILES string of the molecule is CC(N)C1CCN(S(=O)(=O)c2cc(Cl)cc(C(F)(F)F)c2)CC1. The fourth-order valence-corrected chi connectivity index (χ4v) is 4.51. The van der Waals surface area contributed by atoms with Crippen LogP contribution in [0.15, 0.2) is 23.1 Å². The van der Waals surface area contributed by atoms with Crippen LogP contribution in [0.3, 0.4) is 0 Å². The number of piperidine rings is 1. The Morgan fingerprint density at radius 1 is 1.26 bits per heavy atom. The third-order valence-corrected chi connectivity index (χ3v) is 6.17. The first kappa shape index (κ1) is 18.5. The van der Waals surface area contributed by atoms with Gasteiger partial charge in [0.2, 0.25) is 10.0 Å². The molecule has 1 aliphatic rings. The summed E-state index contributed by atoms with van der Waals surface area (Å²) in [6.45, 7) is 2.34. The minimum atomic E-state index is -4.66. The van der Waals surface area contributed by atoms with Crippen LogP contribution in [0.2, 0.25) is 5.02 Å². The minimum absolute atomic E-state index is 0.0390. The molecule has 1 aromatic rings. The van der Waals surface area contributed by atoms with Gasteiger partial charge in [0.25, 0.3) is 0 Å². The summed E-state index contributed by atoms with van der Waals surface area (Å²) in [5.41, 5.74) is 4.73. The summed E-state index contributed by atoms with van der Waals surface area (Å²) < 4.78 is 64.8. The molecule has 0 radical (unpaired) electrons. The Balaban J connectivity index is 2.29. The summed E-state index contributed by atoms with van der Waals surface area (Å²) in [6.07, 6.45) is -3.48. The van der Waals surface area contributed by atoms with Crippen LogP contribution >= 0.6 is 11.6 Å². The van der Waals surface area contributed by atoms with Gasteiger partial charge in [-0.2, -0.15) is 17.5 Å². The molecule has 23 heavy (non-hydrogen) atoms. The summed E-state index contributed by atoms with van der Waals surface area (Å²) in [6, 6.07) is 2.34. The average Bonchev–Trinajstić information content (AvgIpc) is 2.45. The van der Waals surface area contributed by atoms with Gasteiger partial charge in [-0.1, -0.05) is 11.6 Å². The van der Waals surface area contributed by atoms with Crippen molar-refractivity contribution in [1.82, 2.24) is 4.31 Å². The van der Waals surface area contributed by atoms with Crippen molar-refractivity contribution in [3.63, 3.8) is 0 Å². The molecule has 0 amide bonds. The van der Waals surface area contributed by atoms with E-state index in [2.05, 4.69) is 0 Å². The molecule has 1 aliphatic heterocycles. The van der Waals surface area contributed by atoms with Gasteiger partial charge >= 0.3 is 6.18 Å². The van der Waals surface area contributed by atoms with Crippen molar-refractivity contribution < 1.29 is 21.6 Å². The van der Waals surface area contributed by atoms with Crippen LogP contribution in [0.25, 0.3) is 0 Å². The number of sulfonamides is 1. The molecule has 2 N–H and O–H groups in total. The topological polar surface area (TPSA) is 63.4 Å². The maximum Gasteiger partial charge on any atom is 0.416 e. The van der Waals surface area contributed by atoms with Crippen LogP contribution in [-0.4, -0.2) is 31.9 Å². The van der Waals surface area contributed by atoms with Crippen molar-refractivity contribution in [2.24, 2.45) is 11.7 Å². The molecular formula is C14H18ClF3N2O2S. The second-order valence-corrected chi connectivity index (χ2v) is 8.15. The highest BCUT2D eigenvalue weighted by Gasteiger charge is 2.35. The normalized spacial score (nSPS) is 19.7. The van der Waals surface area contributed by atoms with Crippen molar-refractivity contribution in [2.45, 2.75) is 36.9 Å². The van der Waals surface area contributed by atoms with E-state index >= 15 is 0 Å². The van der Waals surface area contributed by atoms with E-state index in [1.165, 1.54) is 4.31 Å². The maximum atomic E-state index is 12.8. The van der Waals surface area contributed by atoms with Crippen molar-refractivity contribution >= 4 is 21.6 Å². The lowest BCUT2D eigenvalue weighted by Crippen LogP contribution is -2.42. The van der Waals surface area contributed by atoms with Crippen LogP contribution in [0.1, 0.15) is 25.3 Å². The summed E-state index contributed by atoms with van der Waals surface area (Å²) in [5, 5.41) is -0.260. The second-order valence-electron chi connectivity index (χ2n) is 5.77. The monoisotopic (exact) mass is 370 g/mol. The van der Waals surface area contributed by atoms with E-state index in [4.69, 9.17) is 17.3 Å². The minimum Gasteiger partial charge on any atom is -0.328 e. The van der Waals surface area contributed by atoms with Crippen LogP contribution in [-0.2, 0) is 16.2 Å². The van der Waals surface area contributed by atoms with Gasteiger partial charge in [-0.05, 0) is 43.9 Å². The molecule has 1 unspecified atom stereocenters. The molecule has 1 fully saturated rings. The molecular weight excluding hydrogens is 353 g/mol. The Hall–Kier alpha value is -0.830. The number of nitrogens with zero attached hydrogens (tertiary/aromatic N) is 1. The van der Waals surface area contributed by atoms with Gasteiger partial charge in [0.05, 0.1) is 10.5 Å². The van der Waals surface area contributed by atoms with Crippen LogP contribution < -0.4 is 5.73 Å². The van der Waals surface area contributed by atoms with Gasteiger partial charge in [0, 0.05) is 24.2 Å². The van der Waals surface area contributed by atoms with E-state index in [0.717, 1.165) is 6.07 Å². The van der Waals surface area contributed by atoms with Crippen LogP contribution in [0.5, 0.6) is 0 Å². The average molecular weight is 371 g/mol. The van der Waals surface area contributed by atoms with Gasteiger partial charge in [-0.3, -0.25) is 0 Å². The Kier molecular flexibility index (Phi) is 5.30. The zero-order chi connectivity index (χ0) is 17.4. The molecule has 9 heteroatoms. The van der Waals surface area contributed by atoms with Crippen LogP contribution in [0, 0.1) is 5.92 Å². The Morgan fingerprint density at radius 3 is 2.30 bits per heavy atom. The van der Waals surface area contributed by atoms with Crippen LogP contribution in [0.4, 0.5) is 13.2 Å². The second kappa shape index (κ2) is 6.58. The van der Waals surface area contributed by atoms with Gasteiger partial charge < -0.3 is 5.73 Å². The third-order valence-electron chi connectivity index (χ3n) is 4.08. The number of hydrogen-bond acceptors (Lipinski definition) is 3. The van der Waals surface area contributed by atoms with E-state index in [1.807, 2.05) is 6.92 Å². The molecule has 1 atom stereocenters. The lowest BCUT2D eigenvalue weighted by molar-refractivity contribution is -0.137. The maximum absolute atomic E-state index is 12.8. The van der Waals surface area contributed by atoms with Crippen molar-refractivity contribution in [1.29, 1.82) is 0 Å². The Bertz CT molecular complexity index is 669. The van der Waals surface area contributed by atoms with Gasteiger partial charge in [0.1, 0.15) is 0 Å². The highest BCUT2D eigenvalue weighted by molar-refractivity contribution is 7.89. The molecule has 1 heterocycles. The van der Waals surface area contributed by atoms with Crippen molar-refractivity contribution in [3.05, 3.63) is 28.8 Å². The highest BCUT2D eigenvalue weighted by atomic mass is 35.5. The van der Waals surface area contributed by atoms with Gasteiger partial charge in [0.15, 0.2) is 0 Å². The Labute approximate surface area is 138 Å². The highest BCUT2D eigenvalue weighted by Crippen LogP contribution is 2.34. The molecule has 4 nitrogen and oxygen atoms in total. The largest absolute Gasteiger partial charge is 0.416 e. The lowest BCUT2D eigenvalue weighted by atomic mass is 9.92. The fourth-order valence-electron chi connectivity index (χ4n) is 2.67. The number of hydrogen-bond donors (Lipinski definition) is 1. The molecule has 0 spiro atoms. The van der Waals surface area contributed by atoms with E-state index in [-0.39, 0.29) is 30.1 Å². The number of alkyl halides is 3. The van der Waals surface area contributed by atoms with E-state index in [1.54, 1.807) is 0 Å². The van der Waals surface area contributed by atoms with Gasteiger partial charge in [-0.25, -0.2) is 8.42 Å². The number of nitrogens with two attached hydrogens (primary N) is 1. The van der Waals surface area contributed by atoms with Crippen molar-refractivity contribution in [2.75, 3.05) is 13.1 Å². The van der Waals surface area contributed by atoms with Crippen molar-refractivity contribution in [3.8, 4) is 0 Å². The zero-order valence-corrected chi connectivity index (χ0v) is 14.0. The smallest absolute Gasteiger partial charge is 0.328 e. The predicted molar refractivity (Wildman–Crippen MR) is 81.6 cm³/mol. The standard InChI is InChI=1S/C14H18ClF3N2O2S/c1-9(19)10-2-4-20(5-3-10)23(21,22)13-7-11(14(16,17)18)6-12(15)8-13/h6-10H,2-5,19H2,1H3. The molecule has 0 bridgehead atoms. The quantitative estimate of drug-likeness (QED) is 0.889. The fraction of sp³-hybridized carbons (Fsp3) is 0.571. The number of rotatable bonds is 3. The number of halogens is 4. The molecule has 1 saturated heterocycles. The first-order valence-electron chi connectivity index (χ1n) is 7.15. The number of benzene rings is 1. The zero-order valence-electron chi connectivity index (χ0n) is 12.5. The van der Waals surface area contributed by atoms with E-state index in [0.29, 0.717) is 25.0 Å². The first-order valence-corrected chi connectivity index (χ1v) is 8.97.